The van der Waals surface area contributed by atoms with Crippen LogP contribution in [0.3, 0.4) is 0 Å². The van der Waals surface area contributed by atoms with Crippen LogP contribution in [0.1, 0.15) is 0 Å². The fraction of sp³-hybridized carbons (Fsp3) is 1.00. The van der Waals surface area contributed by atoms with Gasteiger partial charge in [0.15, 0.2) is 6.29 Å². The van der Waals surface area contributed by atoms with E-state index in [-0.39, 0.29) is 12.9 Å². The predicted octanol–water partition coefficient (Wildman–Crippen LogP) is -1.55. The maximum Gasteiger partial charge on any atom is 0.186 e. The summed E-state index contributed by atoms with van der Waals surface area (Å²) in [5.74, 6) is 0. The van der Waals surface area contributed by atoms with E-state index in [0.29, 0.717) is 6.61 Å². The number of hydrogen-bond acceptors (Lipinski definition) is 6. The first kappa shape index (κ1) is 10.3. The van der Waals surface area contributed by atoms with Gasteiger partial charge in [-0.15, -0.1) is 0 Å². The molecule has 0 aromatic carbocycles. The lowest BCUT2D eigenvalue weighted by Gasteiger charge is -2.43. The van der Waals surface area contributed by atoms with Crippen molar-refractivity contribution in [1.82, 2.24) is 0 Å². The van der Waals surface area contributed by atoms with Crippen molar-refractivity contribution in [1.29, 1.82) is 0 Å². The van der Waals surface area contributed by atoms with Gasteiger partial charge >= 0.3 is 0 Å². The molecular weight excluding hydrogens is 192 g/mol. The first-order valence-corrected chi connectivity index (χ1v) is 4.48. The molecule has 2 aliphatic heterocycles. The Labute approximate surface area is 81.3 Å². The van der Waals surface area contributed by atoms with Crippen molar-refractivity contribution in [3.05, 3.63) is 0 Å². The van der Waals surface area contributed by atoms with Crippen molar-refractivity contribution in [3.63, 3.8) is 0 Å². The molecule has 2 rings (SSSR count). The van der Waals surface area contributed by atoms with E-state index in [2.05, 4.69) is 0 Å². The van der Waals surface area contributed by atoms with Crippen LogP contribution < -0.4 is 0 Å². The van der Waals surface area contributed by atoms with Crippen LogP contribution in [0.5, 0.6) is 0 Å². The molecule has 14 heavy (non-hydrogen) atoms. The maximum absolute atomic E-state index is 9.68. The summed E-state index contributed by atoms with van der Waals surface area (Å²) in [4.78, 5) is 0. The number of aliphatic hydroxyl groups is 2. The summed E-state index contributed by atoms with van der Waals surface area (Å²) in [6.07, 6.45) is -3.82. The molecule has 6 heteroatoms. The van der Waals surface area contributed by atoms with Crippen LogP contribution in [0.15, 0.2) is 0 Å². The summed E-state index contributed by atoms with van der Waals surface area (Å²) in [6, 6.07) is 0. The standard InChI is InChI=1S/C8H14O6/c1-11-8-6(10)5(9)7-4(14-8)2-12-3-13-7/h4-10H,2-3H2,1H3/t4-,5-,6-,7-,8+/m0/s1. The zero-order valence-corrected chi connectivity index (χ0v) is 7.83. The normalized spacial score (nSPS) is 48.6. The molecule has 0 aromatic rings. The number of aliphatic hydroxyl groups excluding tert-OH is 2. The molecule has 0 aromatic heterocycles. The van der Waals surface area contributed by atoms with E-state index in [4.69, 9.17) is 18.9 Å². The van der Waals surface area contributed by atoms with Crippen LogP contribution in [-0.2, 0) is 18.9 Å². The van der Waals surface area contributed by atoms with E-state index < -0.39 is 24.6 Å². The summed E-state index contributed by atoms with van der Waals surface area (Å²) < 4.78 is 20.4. The quantitative estimate of drug-likeness (QED) is 0.541. The molecule has 0 amide bonds. The summed E-state index contributed by atoms with van der Waals surface area (Å²) in [5, 5.41) is 19.2. The van der Waals surface area contributed by atoms with Crippen molar-refractivity contribution in [3.8, 4) is 0 Å². The number of fused-ring (bicyclic) bond motifs is 1. The first-order valence-electron chi connectivity index (χ1n) is 4.48. The average Bonchev–Trinajstić information content (AvgIpc) is 2.23. The average molecular weight is 206 g/mol. The van der Waals surface area contributed by atoms with E-state index in [0.717, 1.165) is 0 Å². The number of hydrogen-bond donors (Lipinski definition) is 2. The van der Waals surface area contributed by atoms with Crippen LogP contribution in [0, 0.1) is 0 Å². The lowest BCUT2D eigenvalue weighted by atomic mass is 9.99. The van der Waals surface area contributed by atoms with Gasteiger partial charge in [-0.05, 0) is 0 Å². The SMILES string of the molecule is CO[C@@H]1O[C@H]2COCO[C@@H]2[C@@H](O)[C@@H]1O. The molecule has 6 nitrogen and oxygen atoms in total. The summed E-state index contributed by atoms with van der Waals surface area (Å²) >= 11 is 0. The second kappa shape index (κ2) is 4.09. The highest BCUT2D eigenvalue weighted by atomic mass is 16.7. The zero-order valence-electron chi connectivity index (χ0n) is 7.83. The molecule has 2 N–H and O–H groups in total. The second-order valence-corrected chi connectivity index (χ2v) is 3.38. The van der Waals surface area contributed by atoms with Gasteiger partial charge in [-0.2, -0.15) is 0 Å². The molecule has 2 fully saturated rings. The van der Waals surface area contributed by atoms with E-state index in [9.17, 15) is 10.2 Å². The Morgan fingerprint density at radius 3 is 2.79 bits per heavy atom. The third-order valence-electron chi connectivity index (χ3n) is 2.50. The minimum Gasteiger partial charge on any atom is -0.387 e. The predicted molar refractivity (Wildman–Crippen MR) is 43.4 cm³/mol. The third-order valence-corrected chi connectivity index (χ3v) is 2.50. The van der Waals surface area contributed by atoms with E-state index in [1.54, 1.807) is 0 Å². The Morgan fingerprint density at radius 2 is 2.07 bits per heavy atom. The molecule has 5 atom stereocenters. The number of rotatable bonds is 1. The Kier molecular flexibility index (Phi) is 3.01. The highest BCUT2D eigenvalue weighted by Gasteiger charge is 2.46. The van der Waals surface area contributed by atoms with Crippen molar-refractivity contribution >= 4 is 0 Å². The Hall–Kier alpha value is -0.240. The van der Waals surface area contributed by atoms with Gasteiger partial charge in [0.25, 0.3) is 0 Å². The van der Waals surface area contributed by atoms with Crippen LogP contribution in [0.2, 0.25) is 0 Å². The molecule has 0 unspecified atom stereocenters. The minimum absolute atomic E-state index is 0.117. The Morgan fingerprint density at radius 1 is 1.29 bits per heavy atom. The van der Waals surface area contributed by atoms with Crippen LogP contribution in [-0.4, -0.2) is 61.4 Å². The van der Waals surface area contributed by atoms with E-state index in [1.165, 1.54) is 7.11 Å². The number of ether oxygens (including phenoxy) is 4. The van der Waals surface area contributed by atoms with Gasteiger partial charge in [0.2, 0.25) is 0 Å². The van der Waals surface area contributed by atoms with Gasteiger partial charge in [0.05, 0.1) is 6.61 Å². The van der Waals surface area contributed by atoms with Crippen molar-refractivity contribution in [2.75, 3.05) is 20.5 Å². The topological polar surface area (TPSA) is 77.4 Å². The Balaban J connectivity index is 2.07. The van der Waals surface area contributed by atoms with Gasteiger partial charge in [0.1, 0.15) is 31.2 Å². The Bertz CT molecular complexity index is 196. The summed E-state index contributed by atoms with van der Waals surface area (Å²) in [7, 11) is 1.41. The lowest BCUT2D eigenvalue weighted by Crippen LogP contribution is -2.61. The van der Waals surface area contributed by atoms with Crippen molar-refractivity contribution < 1.29 is 29.2 Å². The van der Waals surface area contributed by atoms with Gasteiger partial charge in [0, 0.05) is 7.11 Å². The molecule has 0 aliphatic carbocycles. The smallest absolute Gasteiger partial charge is 0.186 e. The summed E-state index contributed by atoms with van der Waals surface area (Å²) in [6.45, 7) is 0.459. The fourth-order valence-electron chi connectivity index (χ4n) is 1.73. The molecular formula is C8H14O6. The number of methoxy groups -OCH3 is 1. The minimum atomic E-state index is -1.08. The fourth-order valence-corrected chi connectivity index (χ4v) is 1.73. The van der Waals surface area contributed by atoms with Gasteiger partial charge in [-0.25, -0.2) is 0 Å². The van der Waals surface area contributed by atoms with Crippen LogP contribution in [0.25, 0.3) is 0 Å². The monoisotopic (exact) mass is 206 g/mol. The summed E-state index contributed by atoms with van der Waals surface area (Å²) in [5.41, 5.74) is 0. The largest absolute Gasteiger partial charge is 0.387 e. The maximum atomic E-state index is 9.68. The van der Waals surface area contributed by atoms with Crippen molar-refractivity contribution in [2.45, 2.75) is 30.7 Å². The van der Waals surface area contributed by atoms with Crippen molar-refractivity contribution in [2.24, 2.45) is 0 Å². The third kappa shape index (κ3) is 1.65. The molecule has 2 heterocycles. The molecule has 0 bridgehead atoms. The van der Waals surface area contributed by atoms with Gasteiger partial charge < -0.3 is 29.2 Å². The molecule has 0 spiro atoms. The van der Waals surface area contributed by atoms with E-state index >= 15 is 0 Å². The molecule has 0 saturated carbocycles. The van der Waals surface area contributed by atoms with Crippen LogP contribution >= 0.6 is 0 Å². The first-order chi connectivity index (χ1) is 6.74. The van der Waals surface area contributed by atoms with Gasteiger partial charge in [-0.3, -0.25) is 0 Å². The highest BCUT2D eigenvalue weighted by Crippen LogP contribution is 2.26. The second-order valence-electron chi connectivity index (χ2n) is 3.38. The van der Waals surface area contributed by atoms with Crippen LogP contribution in [0.4, 0.5) is 0 Å². The molecule has 0 radical (unpaired) electrons. The molecule has 2 saturated heterocycles. The lowest BCUT2D eigenvalue weighted by molar-refractivity contribution is -0.334. The molecule has 82 valence electrons. The molecule has 2 aliphatic rings. The van der Waals surface area contributed by atoms with E-state index in [1.807, 2.05) is 0 Å². The van der Waals surface area contributed by atoms with Gasteiger partial charge in [-0.1, -0.05) is 0 Å². The zero-order chi connectivity index (χ0) is 10.1. The highest BCUT2D eigenvalue weighted by molar-refractivity contribution is 4.91.